The number of piperidine rings is 1. The largest absolute Gasteiger partial charge is 0.297 e. The highest BCUT2D eigenvalue weighted by molar-refractivity contribution is 6.21. The lowest BCUT2D eigenvalue weighted by Crippen LogP contribution is -2.52. The number of nitrogens with one attached hydrogen (secondary N) is 1. The second kappa shape index (κ2) is 4.15. The lowest BCUT2D eigenvalue weighted by atomic mass is 9.83. The summed E-state index contributed by atoms with van der Waals surface area (Å²) in [5.74, 6) is 0.107. The molecule has 0 radical (unpaired) electrons. The van der Waals surface area contributed by atoms with E-state index < -0.39 is 17.1 Å². The molecule has 14 heavy (non-hydrogen) atoms. The standard InChI is InChI=1S/C10H17ClFNO/c1-10(2,3)8(14)7-5-4-6(12)9(11)13-7/h6-7,9,13H,4-5H2,1-3H3. The van der Waals surface area contributed by atoms with E-state index in [1.165, 1.54) is 0 Å². The van der Waals surface area contributed by atoms with E-state index >= 15 is 0 Å². The van der Waals surface area contributed by atoms with Gasteiger partial charge >= 0.3 is 0 Å². The number of ketones is 1. The molecule has 1 heterocycles. The highest BCUT2D eigenvalue weighted by Gasteiger charge is 2.36. The molecule has 0 aliphatic carbocycles. The monoisotopic (exact) mass is 221 g/mol. The summed E-state index contributed by atoms with van der Waals surface area (Å²) in [4.78, 5) is 11.8. The molecule has 0 bridgehead atoms. The SMILES string of the molecule is CC(C)(C)C(=O)C1CCC(F)C(Cl)N1. The van der Waals surface area contributed by atoms with Gasteiger partial charge in [-0.3, -0.25) is 10.1 Å². The normalized spacial score (nSPS) is 34.2. The Morgan fingerprint density at radius 1 is 1.43 bits per heavy atom. The summed E-state index contributed by atoms with van der Waals surface area (Å²) >= 11 is 5.72. The van der Waals surface area contributed by atoms with Crippen molar-refractivity contribution in [2.45, 2.75) is 51.3 Å². The Hall–Kier alpha value is -0.150. The van der Waals surface area contributed by atoms with Crippen molar-refractivity contribution in [1.82, 2.24) is 5.32 Å². The zero-order chi connectivity index (χ0) is 10.9. The molecule has 0 spiro atoms. The Kier molecular flexibility index (Phi) is 3.53. The van der Waals surface area contributed by atoms with Crippen LogP contribution in [0.5, 0.6) is 0 Å². The molecule has 3 unspecified atom stereocenters. The van der Waals surface area contributed by atoms with Crippen molar-refractivity contribution in [2.75, 3.05) is 0 Å². The van der Waals surface area contributed by atoms with Crippen LogP contribution in [0.4, 0.5) is 4.39 Å². The van der Waals surface area contributed by atoms with Gasteiger partial charge in [-0.05, 0) is 12.8 Å². The first-order valence-corrected chi connectivity index (χ1v) is 5.34. The minimum absolute atomic E-state index is 0.107. The molecule has 1 N–H and O–H groups in total. The van der Waals surface area contributed by atoms with Crippen molar-refractivity contribution < 1.29 is 9.18 Å². The van der Waals surface area contributed by atoms with Crippen molar-refractivity contribution in [3.05, 3.63) is 0 Å². The number of alkyl halides is 2. The molecule has 1 aliphatic rings. The maximum atomic E-state index is 13.0. The smallest absolute Gasteiger partial charge is 0.155 e. The van der Waals surface area contributed by atoms with Gasteiger partial charge < -0.3 is 0 Å². The van der Waals surface area contributed by atoms with Crippen LogP contribution < -0.4 is 5.32 Å². The minimum atomic E-state index is -1.04. The van der Waals surface area contributed by atoms with E-state index in [1.807, 2.05) is 20.8 Å². The number of carbonyl (C=O) groups is 1. The van der Waals surface area contributed by atoms with E-state index in [-0.39, 0.29) is 11.8 Å². The summed E-state index contributed by atoms with van der Waals surface area (Å²) in [7, 11) is 0. The van der Waals surface area contributed by atoms with Gasteiger partial charge in [0.25, 0.3) is 0 Å². The van der Waals surface area contributed by atoms with Gasteiger partial charge in [-0.25, -0.2) is 4.39 Å². The molecule has 1 rings (SSSR count). The average Bonchev–Trinajstić information content (AvgIpc) is 2.07. The van der Waals surface area contributed by atoms with Crippen molar-refractivity contribution in [3.8, 4) is 0 Å². The van der Waals surface area contributed by atoms with E-state index in [9.17, 15) is 9.18 Å². The van der Waals surface area contributed by atoms with E-state index in [0.717, 1.165) is 0 Å². The van der Waals surface area contributed by atoms with Crippen molar-refractivity contribution in [2.24, 2.45) is 5.41 Å². The van der Waals surface area contributed by atoms with E-state index in [1.54, 1.807) is 0 Å². The third-order valence-corrected chi connectivity index (χ3v) is 2.86. The number of carbonyl (C=O) groups excluding carboxylic acids is 1. The van der Waals surface area contributed by atoms with Crippen molar-refractivity contribution >= 4 is 17.4 Å². The predicted octanol–water partition coefficient (Wildman–Crippen LogP) is 2.26. The second-order valence-electron chi connectivity index (χ2n) is 4.83. The summed E-state index contributed by atoms with van der Waals surface area (Å²) in [6, 6.07) is -0.288. The summed E-state index contributed by atoms with van der Waals surface area (Å²) in [5.41, 5.74) is -1.11. The Balaban J connectivity index is 2.59. The van der Waals surface area contributed by atoms with Gasteiger partial charge in [-0.2, -0.15) is 0 Å². The maximum Gasteiger partial charge on any atom is 0.155 e. The van der Waals surface area contributed by atoms with Crippen LogP contribution in [0.3, 0.4) is 0 Å². The summed E-state index contributed by atoms with van der Waals surface area (Å²) in [6.45, 7) is 5.59. The summed E-state index contributed by atoms with van der Waals surface area (Å²) in [5, 5.41) is 2.81. The van der Waals surface area contributed by atoms with Gasteiger partial charge in [0, 0.05) is 5.41 Å². The molecular formula is C10H17ClFNO. The molecule has 0 aromatic carbocycles. The van der Waals surface area contributed by atoms with Crippen LogP contribution in [0.2, 0.25) is 0 Å². The number of rotatable bonds is 1. The van der Waals surface area contributed by atoms with Crippen LogP contribution >= 0.6 is 11.6 Å². The topological polar surface area (TPSA) is 29.1 Å². The fourth-order valence-electron chi connectivity index (χ4n) is 1.58. The molecule has 4 heteroatoms. The van der Waals surface area contributed by atoms with Crippen LogP contribution in [0, 0.1) is 5.41 Å². The van der Waals surface area contributed by atoms with E-state index in [2.05, 4.69) is 5.32 Å². The zero-order valence-electron chi connectivity index (χ0n) is 8.81. The predicted molar refractivity (Wildman–Crippen MR) is 55.2 cm³/mol. The van der Waals surface area contributed by atoms with Crippen LogP contribution in [-0.4, -0.2) is 23.5 Å². The second-order valence-corrected chi connectivity index (χ2v) is 5.30. The van der Waals surface area contributed by atoms with Crippen molar-refractivity contribution in [3.63, 3.8) is 0 Å². The van der Waals surface area contributed by atoms with Gasteiger partial charge in [0.2, 0.25) is 0 Å². The van der Waals surface area contributed by atoms with E-state index in [0.29, 0.717) is 12.8 Å². The fourth-order valence-corrected chi connectivity index (χ4v) is 1.86. The fraction of sp³-hybridized carbons (Fsp3) is 0.900. The molecule has 1 fully saturated rings. The molecule has 0 aromatic rings. The Bertz CT molecular complexity index is 227. The third kappa shape index (κ3) is 2.67. The molecular weight excluding hydrogens is 205 g/mol. The quantitative estimate of drug-likeness (QED) is 0.544. The lowest BCUT2D eigenvalue weighted by molar-refractivity contribution is -0.129. The average molecular weight is 222 g/mol. The number of halogens is 2. The summed E-state index contributed by atoms with van der Waals surface area (Å²) < 4.78 is 13.0. The van der Waals surface area contributed by atoms with Gasteiger partial charge in [-0.1, -0.05) is 20.8 Å². The molecule has 3 atom stereocenters. The molecule has 0 aromatic heterocycles. The first kappa shape index (κ1) is 11.9. The van der Waals surface area contributed by atoms with Crippen LogP contribution in [-0.2, 0) is 4.79 Å². The zero-order valence-corrected chi connectivity index (χ0v) is 9.57. The molecule has 82 valence electrons. The maximum absolute atomic E-state index is 13.0. The van der Waals surface area contributed by atoms with Crippen molar-refractivity contribution in [1.29, 1.82) is 0 Å². The number of hydrogen-bond donors (Lipinski definition) is 1. The number of hydrogen-bond acceptors (Lipinski definition) is 2. The molecule has 1 aliphatic heterocycles. The Morgan fingerprint density at radius 2 is 2.00 bits per heavy atom. The first-order chi connectivity index (χ1) is 6.32. The number of Topliss-reactive ketones (excluding diaryl/α,β-unsaturated/α-hetero) is 1. The highest BCUT2D eigenvalue weighted by Crippen LogP contribution is 2.25. The Morgan fingerprint density at radius 3 is 2.43 bits per heavy atom. The first-order valence-electron chi connectivity index (χ1n) is 4.91. The Labute approximate surface area is 89.2 Å². The molecule has 1 saturated heterocycles. The van der Waals surface area contributed by atoms with Crippen LogP contribution in [0.1, 0.15) is 33.6 Å². The van der Waals surface area contributed by atoms with Crippen LogP contribution in [0.15, 0.2) is 0 Å². The third-order valence-electron chi connectivity index (χ3n) is 2.46. The van der Waals surface area contributed by atoms with Gasteiger partial charge in [0.1, 0.15) is 11.7 Å². The van der Waals surface area contributed by atoms with Gasteiger partial charge in [0.05, 0.1) is 6.04 Å². The molecule has 0 saturated carbocycles. The van der Waals surface area contributed by atoms with Gasteiger partial charge in [0.15, 0.2) is 5.78 Å². The highest BCUT2D eigenvalue weighted by atomic mass is 35.5. The van der Waals surface area contributed by atoms with E-state index in [4.69, 9.17) is 11.6 Å². The minimum Gasteiger partial charge on any atom is -0.297 e. The molecule has 0 amide bonds. The summed E-state index contributed by atoms with van der Waals surface area (Å²) in [6.07, 6.45) is -0.130. The van der Waals surface area contributed by atoms with Gasteiger partial charge in [-0.15, -0.1) is 11.6 Å². The lowest BCUT2D eigenvalue weighted by Gasteiger charge is -2.32. The molecule has 2 nitrogen and oxygen atoms in total. The van der Waals surface area contributed by atoms with Crippen LogP contribution in [0.25, 0.3) is 0 Å².